The Bertz CT molecular complexity index is 681. The lowest BCUT2D eigenvalue weighted by atomic mass is 10.3. The fraction of sp³-hybridized carbons (Fsp3) is 0.182. The van der Waals surface area contributed by atoms with Crippen LogP contribution in [0.2, 0.25) is 0 Å². The molecule has 2 heterocycles. The predicted molar refractivity (Wildman–Crippen MR) is 65.0 cm³/mol. The van der Waals surface area contributed by atoms with Gasteiger partial charge in [-0.15, -0.1) is 0 Å². The molecule has 112 valence electrons. The van der Waals surface area contributed by atoms with Gasteiger partial charge in [-0.3, -0.25) is 0 Å². The molecular formula is C11H10F3N5O2. The van der Waals surface area contributed by atoms with Crippen molar-refractivity contribution in [2.24, 2.45) is 17.9 Å². The van der Waals surface area contributed by atoms with E-state index in [0.717, 1.165) is 10.7 Å². The molecule has 0 amide bonds. The van der Waals surface area contributed by atoms with Gasteiger partial charge in [0.05, 0.1) is 0 Å². The molecule has 3 N–H and O–H groups in total. The number of hydrogen-bond acceptors (Lipinski definition) is 5. The van der Waals surface area contributed by atoms with Crippen molar-refractivity contribution in [2.45, 2.75) is 6.18 Å². The second kappa shape index (κ2) is 5.31. The molecule has 2 rings (SSSR count). The van der Waals surface area contributed by atoms with Crippen molar-refractivity contribution in [2.75, 3.05) is 0 Å². The monoisotopic (exact) mass is 301 g/mol. The van der Waals surface area contributed by atoms with E-state index in [2.05, 4.69) is 15.2 Å². The number of oxime groups is 1. The average molecular weight is 301 g/mol. The van der Waals surface area contributed by atoms with Gasteiger partial charge in [-0.25, -0.2) is 9.67 Å². The molecule has 0 aliphatic carbocycles. The summed E-state index contributed by atoms with van der Waals surface area (Å²) >= 11 is 0. The van der Waals surface area contributed by atoms with Crippen LogP contribution >= 0.6 is 0 Å². The van der Waals surface area contributed by atoms with Gasteiger partial charge in [0.15, 0.2) is 11.5 Å². The number of pyridine rings is 1. The van der Waals surface area contributed by atoms with E-state index in [9.17, 15) is 13.2 Å². The first-order valence-corrected chi connectivity index (χ1v) is 5.55. The van der Waals surface area contributed by atoms with Gasteiger partial charge in [-0.2, -0.15) is 18.3 Å². The Labute approximate surface area is 116 Å². The molecule has 21 heavy (non-hydrogen) atoms. The molecule has 0 spiro atoms. The minimum atomic E-state index is -4.57. The molecule has 10 heteroatoms. The number of hydrogen-bond donors (Lipinski definition) is 2. The molecule has 0 atom stereocenters. The Morgan fingerprint density at radius 2 is 2.14 bits per heavy atom. The number of nitrogens with zero attached hydrogens (tertiary/aromatic N) is 4. The minimum Gasteiger partial charge on any atom is -0.421 e. The molecular weight excluding hydrogens is 291 g/mol. The maximum atomic E-state index is 12.5. The molecule has 0 aromatic carbocycles. The van der Waals surface area contributed by atoms with Gasteiger partial charge >= 0.3 is 6.18 Å². The summed E-state index contributed by atoms with van der Waals surface area (Å²) in [5.41, 5.74) is 4.41. The topological polar surface area (TPSA) is 98.6 Å². The third-order valence-corrected chi connectivity index (χ3v) is 2.43. The largest absolute Gasteiger partial charge is 0.435 e. The highest BCUT2D eigenvalue weighted by Crippen LogP contribution is 2.31. The van der Waals surface area contributed by atoms with Gasteiger partial charge in [0.1, 0.15) is 5.69 Å². The second-order valence-corrected chi connectivity index (χ2v) is 3.94. The van der Waals surface area contributed by atoms with Gasteiger partial charge in [0.25, 0.3) is 0 Å². The van der Waals surface area contributed by atoms with E-state index in [-0.39, 0.29) is 23.3 Å². The number of rotatable bonds is 3. The summed E-state index contributed by atoms with van der Waals surface area (Å²) < 4.78 is 43.7. The Hall–Kier alpha value is -2.78. The quantitative estimate of drug-likeness (QED) is 0.389. The molecule has 0 unspecified atom stereocenters. The van der Waals surface area contributed by atoms with Crippen LogP contribution < -0.4 is 10.5 Å². The van der Waals surface area contributed by atoms with Crippen LogP contribution in [-0.2, 0) is 13.2 Å². The molecule has 0 bridgehead atoms. The molecule has 2 aromatic heterocycles. The third-order valence-electron chi connectivity index (χ3n) is 2.43. The summed E-state index contributed by atoms with van der Waals surface area (Å²) in [5.74, 6) is -0.413. The lowest BCUT2D eigenvalue weighted by Crippen LogP contribution is -2.15. The van der Waals surface area contributed by atoms with Gasteiger partial charge in [-0.1, -0.05) is 11.2 Å². The maximum absolute atomic E-state index is 12.5. The van der Waals surface area contributed by atoms with Crippen LogP contribution in [0.15, 0.2) is 29.4 Å². The number of alkyl halides is 3. The first-order chi connectivity index (χ1) is 9.81. The van der Waals surface area contributed by atoms with Gasteiger partial charge in [-0.05, 0) is 6.07 Å². The molecule has 2 aromatic rings. The van der Waals surface area contributed by atoms with Crippen LogP contribution in [0.25, 0.3) is 0 Å². The fourth-order valence-corrected chi connectivity index (χ4v) is 1.46. The van der Waals surface area contributed by atoms with Gasteiger partial charge in [0, 0.05) is 19.2 Å². The molecule has 0 aliphatic heterocycles. The van der Waals surface area contributed by atoms with Crippen LogP contribution in [0.5, 0.6) is 11.8 Å². The molecule has 0 saturated carbocycles. The van der Waals surface area contributed by atoms with Crippen molar-refractivity contribution in [3.8, 4) is 11.8 Å². The number of ether oxygens (including phenoxy) is 1. The Kier molecular flexibility index (Phi) is 3.70. The van der Waals surface area contributed by atoms with E-state index in [1.807, 2.05) is 0 Å². The fourth-order valence-electron chi connectivity index (χ4n) is 1.46. The highest BCUT2D eigenvalue weighted by molar-refractivity contribution is 5.95. The Morgan fingerprint density at radius 3 is 2.71 bits per heavy atom. The van der Waals surface area contributed by atoms with Crippen molar-refractivity contribution in [3.63, 3.8) is 0 Å². The van der Waals surface area contributed by atoms with E-state index >= 15 is 0 Å². The molecule has 0 radical (unpaired) electrons. The summed E-state index contributed by atoms with van der Waals surface area (Å²) in [5, 5.41) is 14.6. The van der Waals surface area contributed by atoms with Crippen molar-refractivity contribution >= 4 is 5.84 Å². The number of aryl methyl sites for hydroxylation is 1. The van der Waals surface area contributed by atoms with Crippen LogP contribution in [-0.4, -0.2) is 25.8 Å². The zero-order chi connectivity index (χ0) is 15.6. The van der Waals surface area contributed by atoms with Gasteiger partial charge < -0.3 is 15.7 Å². The van der Waals surface area contributed by atoms with Crippen molar-refractivity contribution in [1.82, 2.24) is 14.8 Å². The lowest BCUT2D eigenvalue weighted by Gasteiger charge is -2.05. The summed E-state index contributed by atoms with van der Waals surface area (Å²) in [6.45, 7) is 0. The molecule has 7 nitrogen and oxygen atoms in total. The maximum Gasteiger partial charge on any atom is 0.435 e. The van der Waals surface area contributed by atoms with Crippen molar-refractivity contribution in [3.05, 3.63) is 35.7 Å². The van der Waals surface area contributed by atoms with Gasteiger partial charge in [0.2, 0.25) is 11.8 Å². The SMILES string of the molecule is Cn1nc(C(F)(F)F)cc1Oc1cccc(C(N)=NO)n1. The first kappa shape index (κ1) is 14.6. The average Bonchev–Trinajstić information content (AvgIpc) is 2.80. The zero-order valence-corrected chi connectivity index (χ0v) is 10.7. The van der Waals surface area contributed by atoms with Crippen LogP contribution in [0.4, 0.5) is 13.2 Å². The summed E-state index contributed by atoms with van der Waals surface area (Å²) in [6, 6.07) is 5.11. The van der Waals surface area contributed by atoms with Crippen molar-refractivity contribution < 1.29 is 23.1 Å². The highest BCUT2D eigenvalue weighted by atomic mass is 19.4. The zero-order valence-electron chi connectivity index (χ0n) is 10.7. The van der Waals surface area contributed by atoms with Crippen LogP contribution in [0.1, 0.15) is 11.4 Å². The summed E-state index contributed by atoms with van der Waals surface area (Å²) in [7, 11) is 1.30. The Balaban J connectivity index is 2.29. The van der Waals surface area contributed by atoms with E-state index in [4.69, 9.17) is 15.7 Å². The number of aromatic nitrogens is 3. The number of halogens is 3. The van der Waals surface area contributed by atoms with E-state index < -0.39 is 11.9 Å². The van der Waals surface area contributed by atoms with E-state index in [0.29, 0.717) is 0 Å². The molecule has 0 aliphatic rings. The van der Waals surface area contributed by atoms with Crippen molar-refractivity contribution in [1.29, 1.82) is 0 Å². The third kappa shape index (κ3) is 3.22. The standard InChI is InChI=1S/C11H10F3N5O2/c1-19-9(5-7(17-19)11(12,13)14)21-8-4-2-3-6(16-8)10(15)18-20/h2-5,20H,1H3,(H2,15,18). The Morgan fingerprint density at radius 1 is 1.43 bits per heavy atom. The smallest absolute Gasteiger partial charge is 0.421 e. The van der Waals surface area contributed by atoms with Crippen LogP contribution in [0, 0.1) is 0 Å². The second-order valence-electron chi connectivity index (χ2n) is 3.94. The van der Waals surface area contributed by atoms with E-state index in [1.54, 1.807) is 0 Å². The summed E-state index contributed by atoms with van der Waals surface area (Å²) in [6.07, 6.45) is -4.57. The predicted octanol–water partition coefficient (Wildman–Crippen LogP) is 1.72. The highest BCUT2D eigenvalue weighted by Gasteiger charge is 2.35. The molecule has 0 saturated heterocycles. The lowest BCUT2D eigenvalue weighted by molar-refractivity contribution is -0.141. The van der Waals surface area contributed by atoms with Crippen LogP contribution in [0.3, 0.4) is 0 Å². The van der Waals surface area contributed by atoms with E-state index in [1.165, 1.54) is 25.2 Å². The normalized spacial score (nSPS) is 12.5. The first-order valence-electron chi connectivity index (χ1n) is 5.55. The minimum absolute atomic E-state index is 0.0178. The summed E-state index contributed by atoms with van der Waals surface area (Å²) in [4.78, 5) is 3.89. The number of nitrogens with two attached hydrogens (primary N) is 1. The molecule has 0 fully saturated rings. The number of amidine groups is 1.